The fourth-order valence-corrected chi connectivity index (χ4v) is 4.72. The molecular weight excluding hydrogens is 396 g/mol. The lowest BCUT2D eigenvalue weighted by molar-refractivity contribution is 0.415. The number of halogens is 1. The molecule has 0 aliphatic heterocycles. The summed E-state index contributed by atoms with van der Waals surface area (Å²) in [7, 11) is -2.28. The minimum absolute atomic E-state index is 0.196. The minimum atomic E-state index is -3.87. The lowest BCUT2D eigenvalue weighted by atomic mass is 10.1. The number of methoxy groups -OCH3 is 1. The molecule has 28 heavy (non-hydrogen) atoms. The number of aryl methyl sites for hydroxylation is 1. The molecule has 0 radical (unpaired) electrons. The number of hydrogen-bond donors (Lipinski definition) is 0. The van der Waals surface area contributed by atoms with Crippen LogP contribution in [0.2, 0.25) is 5.02 Å². The molecule has 0 aliphatic carbocycles. The van der Waals surface area contributed by atoms with Crippen LogP contribution in [0.1, 0.15) is 5.56 Å². The standard InChI is InChI=1S/C21H17ClN2O3S/c1-14-3-9-19(10-4-14)28(25,26)24-20(15-5-7-18(27-2)8-6-15)12-16-11-17(22)13-23-21(16)24/h3-13H,1-2H3. The summed E-state index contributed by atoms with van der Waals surface area (Å²) in [5.41, 5.74) is 2.55. The third-order valence-corrected chi connectivity index (χ3v) is 6.44. The van der Waals surface area contributed by atoms with Gasteiger partial charge in [0.2, 0.25) is 0 Å². The van der Waals surface area contributed by atoms with Gasteiger partial charge in [0.05, 0.1) is 22.7 Å². The van der Waals surface area contributed by atoms with E-state index >= 15 is 0 Å². The molecule has 4 aromatic rings. The highest BCUT2D eigenvalue weighted by molar-refractivity contribution is 7.90. The zero-order chi connectivity index (χ0) is 19.9. The first-order chi connectivity index (χ1) is 13.4. The zero-order valence-corrected chi connectivity index (χ0v) is 16.8. The maximum atomic E-state index is 13.5. The minimum Gasteiger partial charge on any atom is -0.497 e. The van der Waals surface area contributed by atoms with Crippen molar-refractivity contribution in [1.82, 2.24) is 8.96 Å². The number of hydrogen-bond acceptors (Lipinski definition) is 4. The van der Waals surface area contributed by atoms with Crippen LogP contribution in [0.5, 0.6) is 5.75 Å². The van der Waals surface area contributed by atoms with E-state index in [0.717, 1.165) is 11.1 Å². The van der Waals surface area contributed by atoms with Crippen molar-refractivity contribution >= 4 is 32.7 Å². The van der Waals surface area contributed by atoms with Crippen molar-refractivity contribution in [1.29, 1.82) is 0 Å². The van der Waals surface area contributed by atoms with Gasteiger partial charge < -0.3 is 4.74 Å². The largest absolute Gasteiger partial charge is 0.497 e. The molecule has 142 valence electrons. The lowest BCUT2D eigenvalue weighted by Crippen LogP contribution is -2.14. The molecule has 0 spiro atoms. The van der Waals surface area contributed by atoms with Gasteiger partial charge in [-0.3, -0.25) is 0 Å². The number of rotatable bonds is 4. The van der Waals surface area contributed by atoms with Crippen LogP contribution < -0.4 is 4.74 Å². The first-order valence-electron chi connectivity index (χ1n) is 8.54. The van der Waals surface area contributed by atoms with Crippen LogP contribution in [0.15, 0.2) is 71.8 Å². The van der Waals surface area contributed by atoms with Gasteiger partial charge in [0, 0.05) is 11.6 Å². The number of ether oxygens (including phenoxy) is 1. The van der Waals surface area contributed by atoms with Gasteiger partial charge in [-0.05, 0) is 61.0 Å². The first kappa shape index (κ1) is 18.5. The molecule has 0 unspecified atom stereocenters. The second-order valence-corrected chi connectivity index (χ2v) is 8.63. The Morgan fingerprint density at radius 2 is 1.68 bits per heavy atom. The summed E-state index contributed by atoms with van der Waals surface area (Å²) in [4.78, 5) is 4.49. The summed E-state index contributed by atoms with van der Waals surface area (Å²) in [6.07, 6.45) is 1.45. The van der Waals surface area contributed by atoms with E-state index in [2.05, 4.69) is 4.98 Å². The molecule has 0 saturated heterocycles. The van der Waals surface area contributed by atoms with Crippen molar-refractivity contribution in [2.75, 3.05) is 7.11 Å². The molecule has 2 heterocycles. The van der Waals surface area contributed by atoms with E-state index < -0.39 is 10.0 Å². The summed E-state index contributed by atoms with van der Waals surface area (Å²) in [6, 6.07) is 17.4. The number of fused-ring (bicyclic) bond motifs is 1. The molecule has 0 atom stereocenters. The molecule has 5 nitrogen and oxygen atoms in total. The van der Waals surface area contributed by atoms with E-state index in [9.17, 15) is 8.42 Å². The molecular formula is C21H17ClN2O3S. The predicted molar refractivity (Wildman–Crippen MR) is 110 cm³/mol. The Morgan fingerprint density at radius 1 is 1.00 bits per heavy atom. The highest BCUT2D eigenvalue weighted by Gasteiger charge is 2.25. The number of benzene rings is 2. The first-order valence-corrected chi connectivity index (χ1v) is 10.4. The molecule has 0 aliphatic rings. The SMILES string of the molecule is COc1ccc(-c2cc3cc(Cl)cnc3n2S(=O)(=O)c2ccc(C)cc2)cc1. The van der Waals surface area contributed by atoms with Crippen LogP contribution in [0.3, 0.4) is 0 Å². The Labute approximate surface area is 168 Å². The van der Waals surface area contributed by atoms with Gasteiger partial charge in [-0.15, -0.1) is 0 Å². The van der Waals surface area contributed by atoms with E-state index in [1.807, 2.05) is 19.1 Å². The van der Waals surface area contributed by atoms with Crippen LogP contribution in [0, 0.1) is 6.92 Å². The Morgan fingerprint density at radius 3 is 2.32 bits per heavy atom. The summed E-state index contributed by atoms with van der Waals surface area (Å²) in [6.45, 7) is 1.91. The summed E-state index contributed by atoms with van der Waals surface area (Å²) >= 11 is 6.08. The molecule has 0 N–H and O–H groups in total. The van der Waals surface area contributed by atoms with Crippen molar-refractivity contribution < 1.29 is 13.2 Å². The summed E-state index contributed by atoms with van der Waals surface area (Å²) in [5.74, 6) is 0.689. The van der Waals surface area contributed by atoms with Gasteiger partial charge in [-0.25, -0.2) is 17.4 Å². The highest BCUT2D eigenvalue weighted by Crippen LogP contribution is 2.33. The van der Waals surface area contributed by atoms with Crippen molar-refractivity contribution in [2.45, 2.75) is 11.8 Å². The van der Waals surface area contributed by atoms with E-state index in [-0.39, 0.29) is 4.90 Å². The van der Waals surface area contributed by atoms with E-state index in [4.69, 9.17) is 16.3 Å². The molecule has 7 heteroatoms. The van der Waals surface area contributed by atoms with E-state index in [0.29, 0.717) is 27.5 Å². The fourth-order valence-electron chi connectivity index (χ4n) is 3.06. The van der Waals surface area contributed by atoms with Crippen molar-refractivity contribution in [3.05, 3.63) is 77.4 Å². The Kier molecular flexibility index (Phi) is 4.61. The third-order valence-electron chi connectivity index (χ3n) is 4.51. The monoisotopic (exact) mass is 412 g/mol. The molecule has 0 amide bonds. The van der Waals surface area contributed by atoms with Gasteiger partial charge in [-0.2, -0.15) is 0 Å². The van der Waals surface area contributed by atoms with Crippen molar-refractivity contribution in [2.24, 2.45) is 0 Å². The summed E-state index contributed by atoms with van der Waals surface area (Å²) < 4.78 is 33.4. The van der Waals surface area contributed by atoms with Crippen LogP contribution in [0.25, 0.3) is 22.3 Å². The third kappa shape index (κ3) is 3.15. The second-order valence-electron chi connectivity index (χ2n) is 6.41. The smallest absolute Gasteiger partial charge is 0.269 e. The maximum Gasteiger partial charge on any atom is 0.269 e. The van der Waals surface area contributed by atoms with Crippen molar-refractivity contribution in [3.63, 3.8) is 0 Å². The maximum absolute atomic E-state index is 13.5. The van der Waals surface area contributed by atoms with Gasteiger partial charge >= 0.3 is 0 Å². The zero-order valence-electron chi connectivity index (χ0n) is 15.3. The van der Waals surface area contributed by atoms with E-state index in [1.54, 1.807) is 55.6 Å². The van der Waals surface area contributed by atoms with Crippen LogP contribution in [-0.4, -0.2) is 24.5 Å². The molecule has 2 aromatic heterocycles. The Bertz CT molecular complexity index is 1260. The second kappa shape index (κ2) is 6.96. The predicted octanol–water partition coefficient (Wildman–Crippen LogP) is 4.91. The fraction of sp³-hybridized carbons (Fsp3) is 0.0952. The molecule has 2 aromatic carbocycles. The molecule has 0 saturated carbocycles. The van der Waals surface area contributed by atoms with Crippen LogP contribution in [-0.2, 0) is 10.0 Å². The van der Waals surface area contributed by atoms with Crippen LogP contribution in [0.4, 0.5) is 0 Å². The van der Waals surface area contributed by atoms with Gasteiger partial charge in [0.15, 0.2) is 5.65 Å². The molecule has 0 bridgehead atoms. The Hall–Kier alpha value is -2.83. The van der Waals surface area contributed by atoms with Crippen LogP contribution >= 0.6 is 11.6 Å². The van der Waals surface area contributed by atoms with Gasteiger partial charge in [0.25, 0.3) is 10.0 Å². The number of nitrogens with zero attached hydrogens (tertiary/aromatic N) is 2. The van der Waals surface area contributed by atoms with Crippen molar-refractivity contribution in [3.8, 4) is 17.0 Å². The molecule has 0 fully saturated rings. The summed E-state index contributed by atoms with van der Waals surface area (Å²) in [5, 5.41) is 1.09. The van der Waals surface area contributed by atoms with Gasteiger partial charge in [-0.1, -0.05) is 29.3 Å². The number of aromatic nitrogens is 2. The highest BCUT2D eigenvalue weighted by atomic mass is 35.5. The lowest BCUT2D eigenvalue weighted by Gasteiger charge is -2.12. The van der Waals surface area contributed by atoms with Gasteiger partial charge in [0.1, 0.15) is 5.75 Å². The average molecular weight is 413 g/mol. The normalized spacial score (nSPS) is 11.7. The molecule has 4 rings (SSSR count). The topological polar surface area (TPSA) is 61.2 Å². The van der Waals surface area contributed by atoms with E-state index in [1.165, 1.54) is 10.2 Å². The average Bonchev–Trinajstić information content (AvgIpc) is 3.07. The quantitative estimate of drug-likeness (QED) is 0.477. The Balaban J connectivity index is 2.01. The number of pyridine rings is 1.